The lowest BCUT2D eigenvalue weighted by atomic mass is 9.99. The number of piperazine rings is 1. The molecular weight excluding hydrogens is 389 g/mol. The molecule has 10 heteroatoms. The molecule has 2 aliphatic heterocycles. The average molecular weight is 415 g/mol. The van der Waals surface area contributed by atoms with E-state index in [4.69, 9.17) is 0 Å². The minimum Gasteiger partial charge on any atom is -0.362 e. The largest absolute Gasteiger partial charge is 0.416 e. The number of nitrogens with zero attached hydrogens (tertiary/aromatic N) is 3. The van der Waals surface area contributed by atoms with Gasteiger partial charge in [-0.05, 0) is 30.9 Å². The molecule has 0 atom stereocenters. The zero-order valence-corrected chi connectivity index (χ0v) is 16.4. The molecule has 0 radical (unpaired) electrons. The Labute approximate surface area is 167 Å². The van der Waals surface area contributed by atoms with Gasteiger partial charge in [-0.15, -0.1) is 0 Å². The van der Waals surface area contributed by atoms with Crippen LogP contribution in [0.1, 0.15) is 25.3 Å². The van der Waals surface area contributed by atoms with Crippen LogP contribution in [-0.2, 0) is 11.0 Å². The SMILES string of the molecule is CC1CC[NH+](CC(=O)N2CCN(c3ccc(C(F)(F)F)cc3[N+](=O)[O-])CC2)CC1. The predicted molar refractivity (Wildman–Crippen MR) is 101 cm³/mol. The van der Waals surface area contributed by atoms with Crippen molar-refractivity contribution in [1.82, 2.24) is 4.90 Å². The maximum atomic E-state index is 12.9. The number of nitrogens with one attached hydrogen (secondary N) is 1. The number of rotatable bonds is 4. The van der Waals surface area contributed by atoms with Crippen LogP contribution in [0.15, 0.2) is 18.2 Å². The minimum absolute atomic E-state index is 0.0659. The second kappa shape index (κ2) is 8.56. The van der Waals surface area contributed by atoms with Crippen molar-refractivity contribution in [2.24, 2.45) is 5.92 Å². The van der Waals surface area contributed by atoms with Crippen LogP contribution in [-0.4, -0.2) is 61.5 Å². The summed E-state index contributed by atoms with van der Waals surface area (Å²) in [6, 6.07) is 2.59. The van der Waals surface area contributed by atoms with Gasteiger partial charge >= 0.3 is 6.18 Å². The number of amides is 1. The van der Waals surface area contributed by atoms with Crippen LogP contribution in [0.4, 0.5) is 24.5 Å². The van der Waals surface area contributed by atoms with Gasteiger partial charge in [0.1, 0.15) is 5.69 Å². The molecule has 2 saturated heterocycles. The number of benzene rings is 1. The van der Waals surface area contributed by atoms with Crippen molar-refractivity contribution < 1.29 is 27.8 Å². The molecule has 2 heterocycles. The van der Waals surface area contributed by atoms with Gasteiger partial charge in [-0.2, -0.15) is 13.2 Å². The van der Waals surface area contributed by atoms with Crippen LogP contribution in [0, 0.1) is 16.0 Å². The quantitative estimate of drug-likeness (QED) is 0.599. The van der Waals surface area contributed by atoms with E-state index in [1.807, 2.05) is 0 Å². The van der Waals surface area contributed by atoms with Gasteiger partial charge in [-0.3, -0.25) is 14.9 Å². The van der Waals surface area contributed by atoms with E-state index in [1.54, 1.807) is 9.80 Å². The number of carbonyl (C=O) groups is 1. The van der Waals surface area contributed by atoms with Crippen molar-refractivity contribution >= 4 is 17.3 Å². The van der Waals surface area contributed by atoms with Gasteiger partial charge in [0, 0.05) is 32.2 Å². The Morgan fingerprint density at radius 3 is 2.38 bits per heavy atom. The number of anilines is 1. The summed E-state index contributed by atoms with van der Waals surface area (Å²) in [6.45, 7) is 6.16. The first-order valence-corrected chi connectivity index (χ1v) is 9.87. The highest BCUT2D eigenvalue weighted by Crippen LogP contribution is 2.36. The van der Waals surface area contributed by atoms with E-state index in [0.717, 1.165) is 38.1 Å². The number of piperidine rings is 1. The van der Waals surface area contributed by atoms with E-state index in [9.17, 15) is 28.1 Å². The predicted octanol–water partition coefficient (Wildman–Crippen LogP) is 1.58. The molecule has 0 unspecified atom stereocenters. The van der Waals surface area contributed by atoms with Gasteiger partial charge in [0.2, 0.25) is 0 Å². The summed E-state index contributed by atoms with van der Waals surface area (Å²) in [5.74, 6) is 0.771. The Bertz CT molecular complexity index is 756. The molecule has 1 aromatic rings. The monoisotopic (exact) mass is 415 g/mol. The maximum absolute atomic E-state index is 12.9. The molecule has 1 aromatic carbocycles. The van der Waals surface area contributed by atoms with Crippen LogP contribution in [0.3, 0.4) is 0 Å². The lowest BCUT2D eigenvalue weighted by molar-refractivity contribution is -0.898. The Hall–Kier alpha value is -2.36. The first-order valence-electron chi connectivity index (χ1n) is 9.87. The Balaban J connectivity index is 1.61. The lowest BCUT2D eigenvalue weighted by Gasteiger charge is -2.36. The van der Waals surface area contributed by atoms with Gasteiger partial charge in [-0.1, -0.05) is 6.92 Å². The van der Waals surface area contributed by atoms with E-state index in [-0.39, 0.29) is 11.6 Å². The zero-order valence-electron chi connectivity index (χ0n) is 16.4. The topological polar surface area (TPSA) is 71.1 Å². The second-order valence-electron chi connectivity index (χ2n) is 7.94. The number of nitro groups is 1. The number of alkyl halides is 3. The number of likely N-dealkylation sites (tertiary alicyclic amines) is 1. The molecular formula is C19H26F3N4O3+. The average Bonchev–Trinajstić information content (AvgIpc) is 2.68. The summed E-state index contributed by atoms with van der Waals surface area (Å²) in [5, 5.41) is 11.3. The third kappa shape index (κ3) is 5.17. The van der Waals surface area contributed by atoms with Crippen LogP contribution < -0.4 is 9.80 Å². The third-order valence-electron chi connectivity index (χ3n) is 5.86. The van der Waals surface area contributed by atoms with E-state index >= 15 is 0 Å². The molecule has 1 amide bonds. The van der Waals surface area contributed by atoms with Crippen molar-refractivity contribution in [1.29, 1.82) is 0 Å². The normalized spacial score (nSPS) is 23.2. The molecule has 0 spiro atoms. The van der Waals surface area contributed by atoms with Crippen LogP contribution >= 0.6 is 0 Å². The second-order valence-corrected chi connectivity index (χ2v) is 7.94. The molecule has 1 N–H and O–H groups in total. The summed E-state index contributed by atoms with van der Waals surface area (Å²) in [7, 11) is 0. The molecule has 3 rings (SSSR count). The number of hydrogen-bond donors (Lipinski definition) is 1. The first-order chi connectivity index (χ1) is 13.6. The number of nitro benzene ring substituents is 1. The molecule has 0 saturated carbocycles. The highest BCUT2D eigenvalue weighted by atomic mass is 19.4. The van der Waals surface area contributed by atoms with Gasteiger partial charge in [0.15, 0.2) is 6.54 Å². The summed E-state index contributed by atoms with van der Waals surface area (Å²) < 4.78 is 38.6. The van der Waals surface area contributed by atoms with E-state index < -0.39 is 22.4 Å². The summed E-state index contributed by atoms with van der Waals surface area (Å²) in [4.78, 5) is 27.8. The third-order valence-corrected chi connectivity index (χ3v) is 5.86. The molecule has 7 nitrogen and oxygen atoms in total. The van der Waals surface area contributed by atoms with Crippen molar-refractivity contribution in [3.05, 3.63) is 33.9 Å². The number of quaternary nitrogens is 1. The zero-order chi connectivity index (χ0) is 21.2. The highest BCUT2D eigenvalue weighted by molar-refractivity contribution is 5.77. The highest BCUT2D eigenvalue weighted by Gasteiger charge is 2.34. The molecule has 0 aliphatic carbocycles. The molecule has 0 bridgehead atoms. The van der Waals surface area contributed by atoms with Gasteiger partial charge in [-0.25, -0.2) is 0 Å². The Kier molecular flexibility index (Phi) is 6.30. The number of carbonyl (C=O) groups excluding carboxylic acids is 1. The van der Waals surface area contributed by atoms with Gasteiger partial charge in [0.05, 0.1) is 23.6 Å². The van der Waals surface area contributed by atoms with Crippen LogP contribution in [0.25, 0.3) is 0 Å². The molecule has 29 heavy (non-hydrogen) atoms. The van der Waals surface area contributed by atoms with E-state index in [1.165, 1.54) is 4.90 Å². The maximum Gasteiger partial charge on any atom is 0.416 e. The van der Waals surface area contributed by atoms with Crippen molar-refractivity contribution in [3.8, 4) is 0 Å². The number of hydrogen-bond acceptors (Lipinski definition) is 4. The summed E-state index contributed by atoms with van der Waals surface area (Å²) >= 11 is 0. The fourth-order valence-electron chi connectivity index (χ4n) is 3.98. The molecule has 160 valence electrons. The Morgan fingerprint density at radius 2 is 1.83 bits per heavy atom. The first kappa shape index (κ1) is 21.4. The summed E-state index contributed by atoms with van der Waals surface area (Å²) in [6.07, 6.45) is -2.40. The van der Waals surface area contributed by atoms with Crippen LogP contribution in [0.2, 0.25) is 0 Å². The van der Waals surface area contributed by atoms with Crippen molar-refractivity contribution in [3.63, 3.8) is 0 Å². The lowest BCUT2D eigenvalue weighted by Crippen LogP contribution is -3.14. The van der Waals surface area contributed by atoms with Crippen molar-refractivity contribution in [2.75, 3.05) is 50.7 Å². The van der Waals surface area contributed by atoms with Crippen molar-refractivity contribution in [2.45, 2.75) is 25.9 Å². The fraction of sp³-hybridized carbons (Fsp3) is 0.632. The van der Waals surface area contributed by atoms with Gasteiger partial charge < -0.3 is 14.7 Å². The van der Waals surface area contributed by atoms with Gasteiger partial charge in [0.25, 0.3) is 11.6 Å². The summed E-state index contributed by atoms with van der Waals surface area (Å²) in [5.41, 5.74) is -1.45. The number of halogens is 3. The fourth-order valence-corrected chi connectivity index (χ4v) is 3.98. The van der Waals surface area contributed by atoms with E-state index in [0.29, 0.717) is 44.7 Å². The van der Waals surface area contributed by atoms with E-state index in [2.05, 4.69) is 6.92 Å². The Morgan fingerprint density at radius 1 is 1.21 bits per heavy atom. The molecule has 2 aliphatic rings. The smallest absolute Gasteiger partial charge is 0.362 e. The van der Waals surface area contributed by atoms with Crippen LogP contribution in [0.5, 0.6) is 0 Å². The minimum atomic E-state index is -4.64. The molecule has 0 aromatic heterocycles. The molecule has 2 fully saturated rings. The standard InChI is InChI=1S/C19H25F3N4O3/c1-14-4-6-23(7-5-14)13-18(27)25-10-8-24(9-11-25)16-3-2-15(19(20,21)22)12-17(16)26(28)29/h2-3,12,14H,4-11,13H2,1H3/p+1.